The minimum Gasteiger partial charge on any atom is -0.489 e. The summed E-state index contributed by atoms with van der Waals surface area (Å²) in [4.78, 5) is 4.31. The lowest BCUT2D eigenvalue weighted by atomic mass is 10.1. The number of halogens is 1. The maximum Gasteiger partial charge on any atom is 0.120 e. The van der Waals surface area contributed by atoms with Gasteiger partial charge in [-0.15, -0.1) is 0 Å². The highest BCUT2D eigenvalue weighted by Gasteiger charge is 2.03. The van der Waals surface area contributed by atoms with Crippen LogP contribution in [-0.2, 0) is 6.61 Å². The molecule has 0 aliphatic rings. The Hall–Kier alpha value is -2.32. The molecule has 2 aromatic carbocycles. The van der Waals surface area contributed by atoms with Crippen molar-refractivity contribution in [2.24, 2.45) is 0 Å². The molecule has 0 aliphatic heterocycles. The van der Waals surface area contributed by atoms with E-state index in [-0.39, 0.29) is 0 Å². The summed E-state index contributed by atoms with van der Waals surface area (Å²) in [6.07, 6.45) is 3.68. The van der Waals surface area contributed by atoms with E-state index in [1.54, 1.807) is 0 Å². The average molecular weight is 324 g/mol. The molecule has 23 heavy (non-hydrogen) atoms. The second-order valence-corrected chi connectivity index (χ2v) is 6.06. The minimum absolute atomic E-state index is 0.497. The van der Waals surface area contributed by atoms with Crippen molar-refractivity contribution in [3.8, 4) is 16.9 Å². The number of ether oxygens (including phenoxy) is 1. The molecular weight excluding hydrogens is 306 g/mol. The highest BCUT2D eigenvalue weighted by atomic mass is 35.5. The predicted octanol–water partition coefficient (Wildman–Crippen LogP) is 5.60. The topological polar surface area (TPSA) is 22.1 Å². The van der Waals surface area contributed by atoms with Gasteiger partial charge in [0.15, 0.2) is 0 Å². The van der Waals surface area contributed by atoms with Crippen LogP contribution in [0.25, 0.3) is 11.1 Å². The molecule has 0 fully saturated rings. The number of aromatic nitrogens is 1. The van der Waals surface area contributed by atoms with Crippen molar-refractivity contribution in [2.75, 3.05) is 0 Å². The summed E-state index contributed by atoms with van der Waals surface area (Å²) >= 11 is 5.94. The summed E-state index contributed by atoms with van der Waals surface area (Å²) in [6, 6.07) is 16.0. The van der Waals surface area contributed by atoms with Crippen LogP contribution in [0.3, 0.4) is 0 Å². The quantitative estimate of drug-likeness (QED) is 0.623. The summed E-state index contributed by atoms with van der Waals surface area (Å²) in [5.74, 6) is 0.880. The fraction of sp³-hybridized carbons (Fsp3) is 0.150. The first-order chi connectivity index (χ1) is 11.1. The van der Waals surface area contributed by atoms with E-state index in [4.69, 9.17) is 16.3 Å². The number of benzene rings is 2. The molecule has 0 saturated heterocycles. The molecule has 3 aromatic rings. The van der Waals surface area contributed by atoms with E-state index in [1.165, 1.54) is 11.1 Å². The third kappa shape index (κ3) is 3.91. The first-order valence-electron chi connectivity index (χ1n) is 7.52. The van der Waals surface area contributed by atoms with Gasteiger partial charge in [0.1, 0.15) is 12.4 Å². The van der Waals surface area contributed by atoms with Crippen molar-refractivity contribution >= 4 is 11.6 Å². The van der Waals surface area contributed by atoms with Crippen LogP contribution in [-0.4, -0.2) is 4.98 Å². The Morgan fingerprint density at radius 1 is 0.870 bits per heavy atom. The monoisotopic (exact) mass is 323 g/mol. The number of nitrogens with zero attached hydrogens (tertiary/aromatic N) is 1. The summed E-state index contributed by atoms with van der Waals surface area (Å²) in [6.45, 7) is 4.68. The molecule has 0 spiro atoms. The molecule has 3 heteroatoms. The zero-order valence-corrected chi connectivity index (χ0v) is 14.0. The molecule has 116 valence electrons. The van der Waals surface area contributed by atoms with Gasteiger partial charge in [0, 0.05) is 28.5 Å². The lowest BCUT2D eigenvalue weighted by Gasteiger charge is -2.09. The molecule has 0 bridgehead atoms. The second-order valence-electron chi connectivity index (χ2n) is 5.62. The van der Waals surface area contributed by atoms with Crippen molar-refractivity contribution in [1.82, 2.24) is 4.98 Å². The van der Waals surface area contributed by atoms with E-state index >= 15 is 0 Å². The summed E-state index contributed by atoms with van der Waals surface area (Å²) in [5, 5.41) is 0.732. The fourth-order valence-corrected chi connectivity index (χ4v) is 2.46. The molecule has 0 saturated carbocycles. The van der Waals surface area contributed by atoms with Crippen molar-refractivity contribution in [3.63, 3.8) is 0 Å². The van der Waals surface area contributed by atoms with Gasteiger partial charge in [-0.05, 0) is 60.9 Å². The predicted molar refractivity (Wildman–Crippen MR) is 94.9 cm³/mol. The van der Waals surface area contributed by atoms with Gasteiger partial charge in [0.2, 0.25) is 0 Å². The highest BCUT2D eigenvalue weighted by molar-refractivity contribution is 6.30. The zero-order valence-electron chi connectivity index (χ0n) is 13.2. The van der Waals surface area contributed by atoms with Gasteiger partial charge in [0.25, 0.3) is 0 Å². The van der Waals surface area contributed by atoms with E-state index < -0.39 is 0 Å². The molecule has 1 heterocycles. The Morgan fingerprint density at radius 3 is 2.39 bits per heavy atom. The van der Waals surface area contributed by atoms with Crippen LogP contribution < -0.4 is 4.74 Å². The third-order valence-electron chi connectivity index (χ3n) is 3.86. The van der Waals surface area contributed by atoms with E-state index in [0.717, 1.165) is 27.5 Å². The van der Waals surface area contributed by atoms with Crippen LogP contribution in [0.2, 0.25) is 5.02 Å². The number of aryl methyl sites for hydroxylation is 2. The first-order valence-corrected chi connectivity index (χ1v) is 7.89. The summed E-state index contributed by atoms with van der Waals surface area (Å²) in [5.41, 5.74) is 5.69. The molecule has 0 aliphatic carbocycles. The van der Waals surface area contributed by atoms with Gasteiger partial charge < -0.3 is 4.74 Å². The Morgan fingerprint density at radius 2 is 1.65 bits per heavy atom. The Bertz CT molecular complexity index is 812. The Kier molecular flexibility index (Phi) is 4.63. The molecule has 0 radical (unpaired) electrons. The Balaban J connectivity index is 1.74. The van der Waals surface area contributed by atoms with E-state index in [9.17, 15) is 0 Å². The molecule has 2 nitrogen and oxygen atoms in total. The van der Waals surface area contributed by atoms with Gasteiger partial charge in [-0.3, -0.25) is 4.98 Å². The van der Waals surface area contributed by atoms with Crippen molar-refractivity contribution < 1.29 is 4.74 Å². The number of rotatable bonds is 4. The lowest BCUT2D eigenvalue weighted by molar-refractivity contribution is 0.305. The molecule has 0 amide bonds. The van der Waals surface area contributed by atoms with Crippen LogP contribution in [0.1, 0.15) is 16.7 Å². The fourth-order valence-electron chi connectivity index (χ4n) is 2.34. The minimum atomic E-state index is 0.497. The van der Waals surface area contributed by atoms with Crippen LogP contribution in [0.15, 0.2) is 60.9 Å². The number of hydrogen-bond acceptors (Lipinski definition) is 2. The van der Waals surface area contributed by atoms with Crippen molar-refractivity contribution in [2.45, 2.75) is 20.5 Å². The third-order valence-corrected chi connectivity index (χ3v) is 4.11. The van der Waals surface area contributed by atoms with Gasteiger partial charge in [-0.1, -0.05) is 29.8 Å². The normalized spacial score (nSPS) is 10.6. The smallest absolute Gasteiger partial charge is 0.120 e. The summed E-state index contributed by atoms with van der Waals surface area (Å²) in [7, 11) is 0. The van der Waals surface area contributed by atoms with Crippen LogP contribution >= 0.6 is 11.6 Å². The maximum absolute atomic E-state index is 5.94. The summed E-state index contributed by atoms with van der Waals surface area (Å²) < 4.78 is 5.88. The van der Waals surface area contributed by atoms with E-state index in [0.29, 0.717) is 6.61 Å². The molecular formula is C20H18ClNO. The number of hydrogen-bond donors (Lipinski definition) is 0. The highest BCUT2D eigenvalue weighted by Crippen LogP contribution is 2.23. The van der Waals surface area contributed by atoms with Gasteiger partial charge in [-0.2, -0.15) is 0 Å². The second kappa shape index (κ2) is 6.84. The standard InChI is InChI=1S/C20H18ClNO/c1-14-3-8-20(9-15(14)2)23-13-16-10-18(12-22-11-16)17-4-6-19(21)7-5-17/h3-12H,13H2,1-2H3. The average Bonchev–Trinajstić information content (AvgIpc) is 2.57. The van der Waals surface area contributed by atoms with Crippen LogP contribution in [0.4, 0.5) is 0 Å². The SMILES string of the molecule is Cc1ccc(OCc2cncc(-c3ccc(Cl)cc3)c2)cc1C. The van der Waals surface area contributed by atoms with E-state index in [1.807, 2.05) is 42.7 Å². The van der Waals surface area contributed by atoms with Crippen molar-refractivity contribution in [3.05, 3.63) is 82.6 Å². The lowest BCUT2D eigenvalue weighted by Crippen LogP contribution is -1.97. The largest absolute Gasteiger partial charge is 0.489 e. The molecule has 0 N–H and O–H groups in total. The van der Waals surface area contributed by atoms with Crippen LogP contribution in [0, 0.1) is 13.8 Å². The first kappa shape index (κ1) is 15.6. The molecule has 1 aromatic heterocycles. The molecule has 3 rings (SSSR count). The van der Waals surface area contributed by atoms with Crippen LogP contribution in [0.5, 0.6) is 5.75 Å². The van der Waals surface area contributed by atoms with Crippen molar-refractivity contribution in [1.29, 1.82) is 0 Å². The zero-order chi connectivity index (χ0) is 16.2. The van der Waals surface area contributed by atoms with Gasteiger partial charge >= 0.3 is 0 Å². The molecule has 0 unspecified atom stereocenters. The van der Waals surface area contributed by atoms with E-state index in [2.05, 4.69) is 37.0 Å². The Labute approximate surface area is 141 Å². The maximum atomic E-state index is 5.94. The van der Waals surface area contributed by atoms with Gasteiger partial charge in [0.05, 0.1) is 0 Å². The number of pyridine rings is 1. The molecule has 0 atom stereocenters. The van der Waals surface area contributed by atoms with Gasteiger partial charge in [-0.25, -0.2) is 0 Å².